The number of carbonyl (C=O) groups is 2. The molecular formula is C23H25ClFNO6S. The highest BCUT2D eigenvalue weighted by Gasteiger charge is 2.51. The monoisotopic (exact) mass is 497 g/mol. The van der Waals surface area contributed by atoms with Crippen LogP contribution in [0.1, 0.15) is 39.0 Å². The third-order valence-electron chi connectivity index (χ3n) is 5.96. The van der Waals surface area contributed by atoms with Crippen LogP contribution in [0, 0.1) is 11.7 Å². The van der Waals surface area contributed by atoms with Gasteiger partial charge in [0.1, 0.15) is 22.9 Å². The minimum Gasteiger partial charge on any atom is -0.481 e. The first kappa shape index (κ1) is 25.1. The summed E-state index contributed by atoms with van der Waals surface area (Å²) in [7, 11) is -4.26. The molecule has 0 aliphatic heterocycles. The topological polar surface area (TPSA) is 101 Å². The number of halogens is 2. The van der Waals surface area contributed by atoms with Crippen molar-refractivity contribution in [1.29, 1.82) is 0 Å². The number of hydrogen-bond donors (Lipinski definition) is 1. The number of carboxylic acids is 1. The van der Waals surface area contributed by atoms with Crippen molar-refractivity contribution in [2.75, 3.05) is 6.54 Å². The molecule has 2 aromatic carbocycles. The molecule has 1 aliphatic carbocycles. The Labute approximate surface area is 197 Å². The normalized spacial score (nSPS) is 16.5. The van der Waals surface area contributed by atoms with Crippen LogP contribution in [-0.2, 0) is 19.6 Å². The van der Waals surface area contributed by atoms with Gasteiger partial charge in [-0.3, -0.25) is 9.59 Å². The molecule has 0 bridgehead atoms. The maximum Gasteiger partial charge on any atom is 0.307 e. The zero-order valence-electron chi connectivity index (χ0n) is 18.0. The van der Waals surface area contributed by atoms with Gasteiger partial charge in [-0.25, -0.2) is 12.8 Å². The maximum absolute atomic E-state index is 13.6. The van der Waals surface area contributed by atoms with E-state index in [0.29, 0.717) is 24.3 Å². The summed E-state index contributed by atoms with van der Waals surface area (Å²) in [5.74, 6) is -1.85. The lowest BCUT2D eigenvalue weighted by atomic mass is 9.97. The molecule has 1 N–H and O–H groups in total. The van der Waals surface area contributed by atoms with Gasteiger partial charge in [-0.2, -0.15) is 4.31 Å². The highest BCUT2D eigenvalue weighted by Crippen LogP contribution is 2.41. The van der Waals surface area contributed by atoms with Gasteiger partial charge in [-0.05, 0) is 79.4 Å². The lowest BCUT2D eigenvalue weighted by Crippen LogP contribution is -2.56. The molecule has 1 unspecified atom stereocenters. The smallest absolute Gasteiger partial charge is 0.307 e. The quantitative estimate of drug-likeness (QED) is 0.473. The first-order valence-corrected chi connectivity index (χ1v) is 12.4. The number of benzene rings is 2. The van der Waals surface area contributed by atoms with Crippen molar-refractivity contribution in [3.63, 3.8) is 0 Å². The van der Waals surface area contributed by atoms with Gasteiger partial charge in [-0.1, -0.05) is 19.8 Å². The summed E-state index contributed by atoms with van der Waals surface area (Å²) in [5.41, 5.74) is -1.48. The van der Waals surface area contributed by atoms with Crippen LogP contribution < -0.4 is 4.74 Å². The predicted octanol–water partition coefficient (Wildman–Crippen LogP) is 4.80. The van der Waals surface area contributed by atoms with Crippen LogP contribution in [0.2, 0.25) is 0 Å². The molecule has 0 amide bonds. The molecule has 2 aromatic rings. The van der Waals surface area contributed by atoms with Gasteiger partial charge in [0.05, 0.1) is 10.8 Å². The second-order valence-electron chi connectivity index (χ2n) is 8.02. The number of aliphatic carboxylic acids is 1. The van der Waals surface area contributed by atoms with Crippen LogP contribution in [0.25, 0.3) is 0 Å². The molecule has 0 radical (unpaired) electrons. The predicted molar refractivity (Wildman–Crippen MR) is 120 cm³/mol. The summed E-state index contributed by atoms with van der Waals surface area (Å²) in [4.78, 5) is 24.0. The molecular weight excluding hydrogens is 473 g/mol. The first-order chi connectivity index (χ1) is 15.6. The van der Waals surface area contributed by atoms with E-state index in [9.17, 15) is 27.5 Å². The van der Waals surface area contributed by atoms with Crippen LogP contribution in [0.3, 0.4) is 0 Å². The number of hydrogen-bond acceptors (Lipinski definition) is 5. The molecule has 0 heterocycles. The Kier molecular flexibility index (Phi) is 7.76. The summed E-state index contributed by atoms with van der Waals surface area (Å²) in [6, 6.07) is 10.9. The second-order valence-corrected chi connectivity index (χ2v) is 10.2. The van der Waals surface area contributed by atoms with Crippen molar-refractivity contribution in [2.24, 2.45) is 5.92 Å². The van der Waals surface area contributed by atoms with E-state index in [0.717, 1.165) is 4.31 Å². The minimum absolute atomic E-state index is 0.113. The van der Waals surface area contributed by atoms with Crippen molar-refractivity contribution in [3.8, 4) is 11.5 Å². The average molecular weight is 498 g/mol. The summed E-state index contributed by atoms with van der Waals surface area (Å²) in [6.45, 7) is 1.29. The highest BCUT2D eigenvalue weighted by atomic mass is 35.5. The Hall–Kier alpha value is -2.49. The van der Waals surface area contributed by atoms with Gasteiger partial charge in [0.2, 0.25) is 15.3 Å². The Balaban J connectivity index is 1.95. The first-order valence-electron chi connectivity index (χ1n) is 10.6. The second kappa shape index (κ2) is 10.2. The third-order valence-corrected chi connectivity index (χ3v) is 8.26. The molecule has 7 nitrogen and oxygen atoms in total. The van der Waals surface area contributed by atoms with Gasteiger partial charge in [0.25, 0.3) is 0 Å². The SMILES string of the molecule is CCC(CN(C1(C(=O)Cl)CCCC1)S(=O)(=O)c1ccc(Oc2ccc(F)cc2)cc1)C(=O)O. The fourth-order valence-corrected chi connectivity index (χ4v) is 6.21. The Morgan fingerprint density at radius 2 is 1.61 bits per heavy atom. The largest absolute Gasteiger partial charge is 0.481 e. The highest BCUT2D eigenvalue weighted by molar-refractivity contribution is 7.89. The molecule has 0 spiro atoms. The zero-order chi connectivity index (χ0) is 24.2. The number of carbonyl (C=O) groups excluding carboxylic acids is 1. The molecule has 1 aliphatic rings. The van der Waals surface area contributed by atoms with E-state index in [1.807, 2.05) is 0 Å². The average Bonchev–Trinajstić information content (AvgIpc) is 3.27. The lowest BCUT2D eigenvalue weighted by Gasteiger charge is -2.38. The van der Waals surface area contributed by atoms with Gasteiger partial charge in [0, 0.05) is 6.54 Å². The minimum atomic E-state index is -4.26. The number of sulfonamides is 1. The molecule has 1 fully saturated rings. The molecule has 0 aromatic heterocycles. The van der Waals surface area contributed by atoms with Crippen molar-refractivity contribution in [2.45, 2.75) is 49.5 Å². The standard InChI is InChI=1S/C23H25ClFNO6S/c1-2-16(21(27)28)15-26(23(22(24)29)13-3-4-14-23)33(30,31)20-11-9-19(10-12-20)32-18-7-5-17(25)6-8-18/h5-12,16H,2-4,13-15H2,1H3,(H,27,28). The van der Waals surface area contributed by atoms with Crippen molar-refractivity contribution in [3.05, 3.63) is 54.3 Å². The van der Waals surface area contributed by atoms with Crippen LogP contribution >= 0.6 is 11.6 Å². The number of rotatable bonds is 10. The zero-order valence-corrected chi connectivity index (χ0v) is 19.6. The van der Waals surface area contributed by atoms with Gasteiger partial charge in [0.15, 0.2) is 0 Å². The molecule has 3 rings (SSSR count). The van der Waals surface area contributed by atoms with Crippen molar-refractivity contribution < 1.29 is 32.2 Å². The van der Waals surface area contributed by atoms with Gasteiger partial charge in [-0.15, -0.1) is 0 Å². The lowest BCUT2D eigenvalue weighted by molar-refractivity contribution is -0.143. The summed E-state index contributed by atoms with van der Waals surface area (Å²) in [6.07, 6.45) is 1.88. The third kappa shape index (κ3) is 5.37. The van der Waals surface area contributed by atoms with Crippen LogP contribution in [0.15, 0.2) is 53.4 Å². The molecule has 1 saturated carbocycles. The van der Waals surface area contributed by atoms with Gasteiger partial charge >= 0.3 is 5.97 Å². The summed E-state index contributed by atoms with van der Waals surface area (Å²) >= 11 is 5.92. The molecule has 33 heavy (non-hydrogen) atoms. The molecule has 10 heteroatoms. The van der Waals surface area contributed by atoms with Crippen LogP contribution in [0.4, 0.5) is 4.39 Å². The fraction of sp³-hybridized carbons (Fsp3) is 0.391. The van der Waals surface area contributed by atoms with E-state index in [2.05, 4.69) is 0 Å². The van der Waals surface area contributed by atoms with E-state index in [4.69, 9.17) is 16.3 Å². The van der Waals surface area contributed by atoms with E-state index >= 15 is 0 Å². The van der Waals surface area contributed by atoms with E-state index in [1.54, 1.807) is 6.92 Å². The number of carboxylic acid groups (broad SMARTS) is 1. The van der Waals surface area contributed by atoms with E-state index in [-0.39, 0.29) is 30.7 Å². The molecule has 1 atom stereocenters. The van der Waals surface area contributed by atoms with Crippen molar-refractivity contribution in [1.82, 2.24) is 4.31 Å². The Bertz CT molecular complexity index is 1100. The Morgan fingerprint density at radius 1 is 1.09 bits per heavy atom. The number of nitrogens with zero attached hydrogens (tertiary/aromatic N) is 1. The van der Waals surface area contributed by atoms with Crippen molar-refractivity contribution >= 4 is 32.8 Å². The van der Waals surface area contributed by atoms with E-state index in [1.165, 1.54) is 48.5 Å². The van der Waals surface area contributed by atoms with Crippen LogP contribution in [-0.4, -0.2) is 41.1 Å². The maximum atomic E-state index is 13.6. The van der Waals surface area contributed by atoms with E-state index < -0.39 is 38.5 Å². The van der Waals surface area contributed by atoms with Gasteiger partial charge < -0.3 is 9.84 Å². The Morgan fingerprint density at radius 3 is 2.06 bits per heavy atom. The molecule has 178 valence electrons. The molecule has 0 saturated heterocycles. The fourth-order valence-electron chi connectivity index (χ4n) is 4.03. The summed E-state index contributed by atoms with van der Waals surface area (Å²) in [5, 5.41) is 8.73. The van der Waals surface area contributed by atoms with Crippen LogP contribution in [0.5, 0.6) is 11.5 Å². The summed E-state index contributed by atoms with van der Waals surface area (Å²) < 4.78 is 47.0. The number of ether oxygens (including phenoxy) is 1.